The first kappa shape index (κ1) is 15.2. The minimum atomic E-state index is -0.812. The Balaban J connectivity index is 1.62. The van der Waals surface area contributed by atoms with Gasteiger partial charge in [0.2, 0.25) is 5.91 Å². The highest BCUT2D eigenvalue weighted by Gasteiger charge is 2.31. The lowest BCUT2D eigenvalue weighted by Crippen LogP contribution is -2.30. The van der Waals surface area contributed by atoms with Crippen LogP contribution in [0.25, 0.3) is 5.82 Å². The largest absolute Gasteiger partial charge is 0.481 e. The van der Waals surface area contributed by atoms with Crippen molar-refractivity contribution in [3.63, 3.8) is 0 Å². The van der Waals surface area contributed by atoms with E-state index in [0.29, 0.717) is 24.3 Å². The molecule has 0 spiro atoms. The maximum atomic E-state index is 12.3. The van der Waals surface area contributed by atoms with Crippen LogP contribution in [0.4, 0.5) is 5.69 Å². The topological polar surface area (TPSA) is 97.1 Å². The Morgan fingerprint density at radius 2 is 2.09 bits per heavy atom. The summed E-state index contributed by atoms with van der Waals surface area (Å²) in [6.07, 6.45) is 7.58. The summed E-state index contributed by atoms with van der Waals surface area (Å²) in [7, 11) is 0. The van der Waals surface area contributed by atoms with Gasteiger partial charge in [0.15, 0.2) is 5.82 Å². The monoisotopic (exact) mass is 314 g/mol. The molecule has 1 fully saturated rings. The number of hydrogen-bond donors (Lipinski definition) is 2. The molecule has 0 saturated heterocycles. The summed E-state index contributed by atoms with van der Waals surface area (Å²) >= 11 is 0. The fourth-order valence-electron chi connectivity index (χ4n) is 2.90. The normalized spacial score (nSPS) is 20.9. The number of anilines is 1. The molecule has 2 N–H and O–H groups in total. The van der Waals surface area contributed by atoms with Crippen LogP contribution in [-0.4, -0.2) is 31.7 Å². The second-order valence-electron chi connectivity index (χ2n) is 5.74. The Bertz CT molecular complexity index is 682. The van der Waals surface area contributed by atoms with Crippen LogP contribution in [0.15, 0.2) is 36.8 Å². The zero-order valence-corrected chi connectivity index (χ0v) is 12.6. The average molecular weight is 314 g/mol. The van der Waals surface area contributed by atoms with Gasteiger partial charge in [-0.05, 0) is 37.5 Å². The number of aromatic nitrogens is 3. The summed E-state index contributed by atoms with van der Waals surface area (Å²) in [6.45, 7) is 0. The van der Waals surface area contributed by atoms with Crippen LogP contribution >= 0.6 is 0 Å². The second-order valence-corrected chi connectivity index (χ2v) is 5.74. The molecule has 0 radical (unpaired) electrons. The van der Waals surface area contributed by atoms with Crippen LogP contribution < -0.4 is 5.32 Å². The molecule has 0 aliphatic heterocycles. The minimum Gasteiger partial charge on any atom is -0.481 e. The Morgan fingerprint density at radius 3 is 2.74 bits per heavy atom. The van der Waals surface area contributed by atoms with Gasteiger partial charge in [-0.1, -0.05) is 6.42 Å². The highest BCUT2D eigenvalue weighted by Crippen LogP contribution is 2.30. The van der Waals surface area contributed by atoms with E-state index in [9.17, 15) is 9.59 Å². The third-order valence-electron chi connectivity index (χ3n) is 4.15. The number of nitrogens with one attached hydrogen (secondary N) is 1. The molecule has 1 aliphatic rings. The van der Waals surface area contributed by atoms with E-state index < -0.39 is 11.9 Å². The number of carbonyl (C=O) groups excluding carboxylic acids is 1. The molecule has 120 valence electrons. The molecular weight excluding hydrogens is 296 g/mol. The van der Waals surface area contributed by atoms with Crippen molar-refractivity contribution in [2.24, 2.45) is 11.8 Å². The van der Waals surface area contributed by atoms with Crippen molar-refractivity contribution in [2.45, 2.75) is 25.7 Å². The van der Waals surface area contributed by atoms with Gasteiger partial charge in [0.05, 0.1) is 17.8 Å². The Hall–Kier alpha value is -2.70. The van der Waals surface area contributed by atoms with Gasteiger partial charge in [0.1, 0.15) is 0 Å². The third-order valence-corrected chi connectivity index (χ3v) is 4.15. The Labute approximate surface area is 133 Å². The molecule has 0 aromatic carbocycles. The first-order chi connectivity index (χ1) is 11.1. The maximum absolute atomic E-state index is 12.3. The maximum Gasteiger partial charge on any atom is 0.306 e. The fourth-order valence-corrected chi connectivity index (χ4v) is 2.90. The number of carbonyl (C=O) groups is 2. The summed E-state index contributed by atoms with van der Waals surface area (Å²) in [5, 5.41) is 16.0. The van der Waals surface area contributed by atoms with Gasteiger partial charge in [-0.15, -0.1) is 0 Å². The number of nitrogens with zero attached hydrogens (tertiary/aromatic N) is 3. The molecule has 0 bridgehead atoms. The molecule has 2 atom stereocenters. The van der Waals surface area contributed by atoms with Gasteiger partial charge >= 0.3 is 5.97 Å². The predicted molar refractivity (Wildman–Crippen MR) is 83.1 cm³/mol. The van der Waals surface area contributed by atoms with Crippen LogP contribution in [0.5, 0.6) is 0 Å². The minimum absolute atomic E-state index is 0.135. The Kier molecular flexibility index (Phi) is 4.36. The molecule has 2 aromatic heterocycles. The zero-order valence-electron chi connectivity index (χ0n) is 12.6. The summed E-state index contributed by atoms with van der Waals surface area (Å²) in [5.74, 6) is -0.954. The molecule has 23 heavy (non-hydrogen) atoms. The third kappa shape index (κ3) is 3.56. The first-order valence-electron chi connectivity index (χ1n) is 7.63. The van der Waals surface area contributed by atoms with Crippen molar-refractivity contribution >= 4 is 17.6 Å². The van der Waals surface area contributed by atoms with E-state index in [1.807, 2.05) is 0 Å². The lowest BCUT2D eigenvalue weighted by molar-refractivity contribution is -0.143. The van der Waals surface area contributed by atoms with Gasteiger partial charge in [0.25, 0.3) is 0 Å². The summed E-state index contributed by atoms with van der Waals surface area (Å²) < 4.78 is 1.63. The summed E-state index contributed by atoms with van der Waals surface area (Å²) in [5.41, 5.74) is 0.600. The van der Waals surface area contributed by atoms with Crippen LogP contribution in [0.2, 0.25) is 0 Å². The number of amides is 1. The standard InChI is InChI=1S/C16H18N4O3/c21-15(11-3-1-4-12(9-11)16(22)23)19-13-5-6-14(17-10-13)20-8-2-7-18-20/h2,5-8,10-12H,1,3-4,9H2,(H,19,21)(H,22,23). The number of pyridine rings is 1. The van der Waals surface area contributed by atoms with Crippen LogP contribution in [0, 0.1) is 11.8 Å². The van der Waals surface area contributed by atoms with Gasteiger partial charge in [-0.25, -0.2) is 9.67 Å². The van der Waals surface area contributed by atoms with Crippen molar-refractivity contribution in [1.82, 2.24) is 14.8 Å². The van der Waals surface area contributed by atoms with Crippen LogP contribution in [-0.2, 0) is 9.59 Å². The van der Waals surface area contributed by atoms with Crippen molar-refractivity contribution in [3.05, 3.63) is 36.8 Å². The summed E-state index contributed by atoms with van der Waals surface area (Å²) in [6, 6.07) is 5.34. The molecule has 1 amide bonds. The van der Waals surface area contributed by atoms with Gasteiger partial charge in [0, 0.05) is 18.3 Å². The second kappa shape index (κ2) is 6.60. The highest BCUT2D eigenvalue weighted by atomic mass is 16.4. The van der Waals surface area contributed by atoms with Crippen LogP contribution in [0.3, 0.4) is 0 Å². The van der Waals surface area contributed by atoms with Crippen molar-refractivity contribution < 1.29 is 14.7 Å². The van der Waals surface area contributed by atoms with Crippen molar-refractivity contribution in [3.8, 4) is 5.82 Å². The molecule has 2 aromatic rings. The number of carboxylic acid groups (broad SMARTS) is 1. The fraction of sp³-hybridized carbons (Fsp3) is 0.375. The van der Waals surface area contributed by atoms with Crippen molar-refractivity contribution in [2.75, 3.05) is 5.32 Å². The Morgan fingerprint density at radius 1 is 1.26 bits per heavy atom. The van der Waals surface area contributed by atoms with Crippen molar-refractivity contribution in [1.29, 1.82) is 0 Å². The van der Waals surface area contributed by atoms with E-state index in [2.05, 4.69) is 15.4 Å². The van der Waals surface area contributed by atoms with E-state index in [4.69, 9.17) is 5.11 Å². The SMILES string of the molecule is O=C(O)C1CCCC(C(=O)Nc2ccc(-n3cccn3)nc2)C1. The lowest BCUT2D eigenvalue weighted by Gasteiger charge is -2.25. The van der Waals surface area contributed by atoms with E-state index >= 15 is 0 Å². The average Bonchev–Trinajstić information content (AvgIpc) is 3.10. The van der Waals surface area contributed by atoms with E-state index in [1.165, 1.54) is 0 Å². The first-order valence-corrected chi connectivity index (χ1v) is 7.63. The molecule has 2 unspecified atom stereocenters. The van der Waals surface area contributed by atoms with E-state index in [0.717, 1.165) is 12.8 Å². The molecule has 1 aliphatic carbocycles. The smallest absolute Gasteiger partial charge is 0.306 e. The molecular formula is C16H18N4O3. The number of rotatable bonds is 4. The predicted octanol–water partition coefficient (Wildman–Crippen LogP) is 2.10. The molecule has 2 heterocycles. The summed E-state index contributed by atoms with van der Waals surface area (Å²) in [4.78, 5) is 27.6. The number of carboxylic acids is 1. The number of hydrogen-bond acceptors (Lipinski definition) is 4. The molecule has 1 saturated carbocycles. The van der Waals surface area contributed by atoms with E-state index in [-0.39, 0.29) is 11.8 Å². The molecule has 7 heteroatoms. The van der Waals surface area contributed by atoms with Crippen LogP contribution in [0.1, 0.15) is 25.7 Å². The van der Waals surface area contributed by atoms with Gasteiger partial charge in [-0.2, -0.15) is 5.10 Å². The molecule has 3 rings (SSSR count). The quantitative estimate of drug-likeness (QED) is 0.900. The van der Waals surface area contributed by atoms with Gasteiger partial charge < -0.3 is 10.4 Å². The van der Waals surface area contributed by atoms with E-state index in [1.54, 1.807) is 41.5 Å². The van der Waals surface area contributed by atoms with Gasteiger partial charge in [-0.3, -0.25) is 9.59 Å². The number of aliphatic carboxylic acids is 1. The zero-order chi connectivity index (χ0) is 16.2. The lowest BCUT2D eigenvalue weighted by atomic mass is 9.81. The molecule has 7 nitrogen and oxygen atoms in total. The highest BCUT2D eigenvalue weighted by molar-refractivity contribution is 5.92.